The van der Waals surface area contributed by atoms with E-state index in [2.05, 4.69) is 41.9 Å². The summed E-state index contributed by atoms with van der Waals surface area (Å²) in [5, 5.41) is 8.26. The number of carbonyl (C=O) groups is 1. The van der Waals surface area contributed by atoms with Crippen molar-refractivity contribution in [3.63, 3.8) is 0 Å². The lowest BCUT2D eigenvalue weighted by Crippen LogP contribution is -2.33. The van der Waals surface area contributed by atoms with E-state index in [4.69, 9.17) is 5.73 Å². The van der Waals surface area contributed by atoms with Crippen LogP contribution in [0.2, 0.25) is 0 Å². The van der Waals surface area contributed by atoms with Gasteiger partial charge in [-0.15, -0.1) is 0 Å². The maximum Gasteiger partial charge on any atom is 0.274 e. The van der Waals surface area contributed by atoms with Crippen LogP contribution in [0.15, 0.2) is 90.2 Å². The third-order valence-corrected chi connectivity index (χ3v) is 8.41. The van der Waals surface area contributed by atoms with Crippen LogP contribution in [0.3, 0.4) is 0 Å². The first-order valence-corrected chi connectivity index (χ1v) is 16.9. The van der Waals surface area contributed by atoms with Gasteiger partial charge in [-0.25, -0.2) is 18.4 Å². The zero-order chi connectivity index (χ0) is 34.9. The summed E-state index contributed by atoms with van der Waals surface area (Å²) in [5.74, 6) is 5.57. The van der Waals surface area contributed by atoms with Crippen LogP contribution in [0, 0.1) is 18.8 Å². The van der Waals surface area contributed by atoms with Crippen molar-refractivity contribution in [3.8, 4) is 28.8 Å². The molecule has 4 N–H and O–H groups in total. The second-order valence-corrected chi connectivity index (χ2v) is 13.1. The van der Waals surface area contributed by atoms with Crippen molar-refractivity contribution in [1.82, 2.24) is 34.6 Å². The van der Waals surface area contributed by atoms with Crippen molar-refractivity contribution in [2.24, 2.45) is 7.05 Å². The van der Waals surface area contributed by atoms with E-state index in [1.807, 2.05) is 62.5 Å². The van der Waals surface area contributed by atoms with Crippen LogP contribution in [-0.2, 0) is 17.1 Å². The van der Waals surface area contributed by atoms with Crippen molar-refractivity contribution in [1.29, 1.82) is 0 Å². The molecule has 14 heteroatoms. The molecule has 1 atom stereocenters. The molecule has 0 bridgehead atoms. The van der Waals surface area contributed by atoms with Gasteiger partial charge in [0.05, 0.1) is 58.9 Å². The Hall–Kier alpha value is -6.33. The van der Waals surface area contributed by atoms with E-state index < -0.39 is 22.0 Å². The Morgan fingerprint density at radius 1 is 0.980 bits per heavy atom. The minimum absolute atomic E-state index is 0.113. The summed E-state index contributed by atoms with van der Waals surface area (Å²) in [4.78, 5) is 40.7. The van der Waals surface area contributed by atoms with E-state index in [1.165, 1.54) is 24.7 Å². The third-order valence-electron chi connectivity index (χ3n) is 7.80. The summed E-state index contributed by atoms with van der Waals surface area (Å²) in [6, 6.07) is 17.3. The summed E-state index contributed by atoms with van der Waals surface area (Å²) in [5.41, 5.74) is 9.87. The van der Waals surface area contributed by atoms with Crippen LogP contribution in [0.4, 0.5) is 11.5 Å². The number of nitrogens with zero attached hydrogens (tertiary/aromatic N) is 6. The van der Waals surface area contributed by atoms with Crippen molar-refractivity contribution < 1.29 is 13.2 Å². The van der Waals surface area contributed by atoms with Crippen LogP contribution in [0.5, 0.6) is 0 Å². The Labute approximate surface area is 281 Å². The van der Waals surface area contributed by atoms with E-state index >= 15 is 0 Å². The molecular weight excluding hydrogens is 643 g/mol. The fourth-order valence-corrected chi connectivity index (χ4v) is 5.84. The van der Waals surface area contributed by atoms with Gasteiger partial charge >= 0.3 is 0 Å². The van der Waals surface area contributed by atoms with E-state index in [-0.39, 0.29) is 28.5 Å². The van der Waals surface area contributed by atoms with Gasteiger partial charge in [0.15, 0.2) is 11.5 Å². The van der Waals surface area contributed by atoms with Crippen LogP contribution >= 0.6 is 0 Å². The lowest BCUT2D eigenvalue weighted by atomic mass is 10.0. The standard InChI is InChI=1S/C35H31N9O4S/c1-21(40-34(45)32-33(36)38-20-29(41-32)26-15-27(19-37-17-26)42-49(4,47)48)30-16-24-10-8-9-23(13-14-25-18-39-43(3)22(25)2)31(24)35(46)44(30)28-11-6-5-7-12-28/h5-12,15-21,42H,1-4H3,(H2,36,38)(H,40,45). The molecule has 0 aliphatic carbocycles. The molecule has 2 aromatic carbocycles. The number of aryl methyl sites for hydroxylation is 1. The van der Waals surface area contributed by atoms with Gasteiger partial charge in [-0.1, -0.05) is 42.2 Å². The molecule has 49 heavy (non-hydrogen) atoms. The number of nitrogens with one attached hydrogen (secondary N) is 2. The molecule has 13 nitrogen and oxygen atoms in total. The minimum atomic E-state index is -3.55. The Balaban J connectivity index is 1.39. The quantitative estimate of drug-likeness (QED) is 0.213. The topological polar surface area (TPSA) is 180 Å². The fraction of sp³-hybridized carbons (Fsp3) is 0.143. The number of benzene rings is 2. The van der Waals surface area contributed by atoms with Gasteiger partial charge in [-0.2, -0.15) is 5.10 Å². The fourth-order valence-electron chi connectivity index (χ4n) is 5.30. The van der Waals surface area contributed by atoms with Crippen molar-refractivity contribution >= 4 is 38.2 Å². The summed E-state index contributed by atoms with van der Waals surface area (Å²) >= 11 is 0. The number of nitrogen functional groups attached to an aromatic ring is 1. The molecule has 0 saturated carbocycles. The molecule has 0 fully saturated rings. The lowest BCUT2D eigenvalue weighted by Gasteiger charge is -2.21. The highest BCUT2D eigenvalue weighted by Crippen LogP contribution is 2.25. The monoisotopic (exact) mass is 673 g/mol. The van der Waals surface area contributed by atoms with Gasteiger partial charge in [0, 0.05) is 35.8 Å². The average molecular weight is 674 g/mol. The molecule has 0 saturated heterocycles. The van der Waals surface area contributed by atoms with Crippen molar-refractivity contribution in [3.05, 3.63) is 124 Å². The van der Waals surface area contributed by atoms with E-state index in [9.17, 15) is 18.0 Å². The maximum absolute atomic E-state index is 14.4. The summed E-state index contributed by atoms with van der Waals surface area (Å²) in [6.07, 6.45) is 6.88. The smallest absolute Gasteiger partial charge is 0.274 e. The molecule has 0 aliphatic rings. The number of carbonyl (C=O) groups excluding carboxylic acids is 1. The molecule has 246 valence electrons. The summed E-state index contributed by atoms with van der Waals surface area (Å²) in [7, 11) is -1.71. The summed E-state index contributed by atoms with van der Waals surface area (Å²) in [6.45, 7) is 3.68. The molecule has 1 unspecified atom stereocenters. The van der Waals surface area contributed by atoms with Crippen LogP contribution in [0.1, 0.15) is 46.0 Å². The molecule has 0 aliphatic heterocycles. The second-order valence-electron chi connectivity index (χ2n) is 11.4. The molecule has 1 amide bonds. The Morgan fingerprint density at radius 2 is 1.73 bits per heavy atom. The molecule has 0 spiro atoms. The van der Waals surface area contributed by atoms with Crippen molar-refractivity contribution in [2.75, 3.05) is 16.7 Å². The highest BCUT2D eigenvalue weighted by Gasteiger charge is 2.22. The SMILES string of the molecule is Cc1c(C#Cc2cccc3cc(C(C)NC(=O)c4nc(-c5cncc(NS(C)(=O)=O)c5)cnc4N)n(-c4ccccc4)c(=O)c23)cnn1C. The number of amides is 1. The first-order chi connectivity index (χ1) is 23.4. The van der Waals surface area contributed by atoms with Gasteiger partial charge in [-0.3, -0.25) is 28.5 Å². The predicted octanol–water partition coefficient (Wildman–Crippen LogP) is 3.73. The third kappa shape index (κ3) is 6.87. The first-order valence-electron chi connectivity index (χ1n) is 15.0. The number of hydrogen-bond donors (Lipinski definition) is 3. The van der Waals surface area contributed by atoms with Crippen LogP contribution in [0.25, 0.3) is 27.7 Å². The van der Waals surface area contributed by atoms with E-state index in [0.717, 1.165) is 17.5 Å². The average Bonchev–Trinajstić information content (AvgIpc) is 3.39. The number of pyridine rings is 2. The zero-order valence-corrected chi connectivity index (χ0v) is 27.8. The molecule has 6 aromatic rings. The van der Waals surface area contributed by atoms with Gasteiger partial charge < -0.3 is 11.1 Å². The molecule has 4 aromatic heterocycles. The Morgan fingerprint density at radius 3 is 2.45 bits per heavy atom. The number of sulfonamides is 1. The number of aromatic nitrogens is 6. The first kappa shape index (κ1) is 32.6. The van der Waals surface area contributed by atoms with Gasteiger partial charge in [0.2, 0.25) is 10.0 Å². The van der Waals surface area contributed by atoms with Gasteiger partial charge in [0.25, 0.3) is 11.5 Å². The predicted molar refractivity (Wildman–Crippen MR) is 187 cm³/mol. The number of rotatable bonds is 7. The number of nitrogens with two attached hydrogens (primary N) is 1. The largest absolute Gasteiger partial charge is 0.382 e. The number of anilines is 2. The van der Waals surface area contributed by atoms with E-state index in [0.29, 0.717) is 33.3 Å². The minimum Gasteiger partial charge on any atom is -0.382 e. The second kappa shape index (κ2) is 13.1. The maximum atomic E-state index is 14.4. The number of para-hydroxylation sites is 1. The summed E-state index contributed by atoms with van der Waals surface area (Å²) < 4.78 is 29.1. The number of hydrogen-bond acceptors (Lipinski definition) is 9. The zero-order valence-electron chi connectivity index (χ0n) is 27.0. The molecule has 0 radical (unpaired) electrons. The van der Waals surface area contributed by atoms with Gasteiger partial charge in [0.1, 0.15) is 0 Å². The highest BCUT2D eigenvalue weighted by atomic mass is 32.2. The molecule has 4 heterocycles. The molecular formula is C35H31N9O4S. The molecule has 6 rings (SSSR count). The Bertz CT molecular complexity index is 2480. The van der Waals surface area contributed by atoms with E-state index in [1.54, 1.807) is 28.4 Å². The van der Waals surface area contributed by atoms with Gasteiger partial charge in [-0.05, 0) is 49.6 Å². The Kier molecular flexibility index (Phi) is 8.68. The van der Waals surface area contributed by atoms with Crippen LogP contribution in [-0.4, -0.2) is 49.9 Å². The lowest BCUT2D eigenvalue weighted by molar-refractivity contribution is 0.0934. The van der Waals surface area contributed by atoms with Crippen molar-refractivity contribution in [2.45, 2.75) is 19.9 Å². The highest BCUT2D eigenvalue weighted by molar-refractivity contribution is 7.92. The normalized spacial score (nSPS) is 11.8. The van der Waals surface area contributed by atoms with Crippen LogP contribution < -0.4 is 21.3 Å². The number of fused-ring (bicyclic) bond motifs is 1.